The lowest BCUT2D eigenvalue weighted by Crippen LogP contribution is -2.11. The Kier molecular flexibility index (Phi) is 3.76. The number of benzene rings is 2. The first kappa shape index (κ1) is 13.3. The molecule has 0 aliphatic heterocycles. The van der Waals surface area contributed by atoms with Crippen molar-refractivity contribution in [2.24, 2.45) is 5.73 Å². The van der Waals surface area contributed by atoms with Crippen molar-refractivity contribution in [2.45, 2.75) is 6.04 Å². The zero-order valence-corrected chi connectivity index (χ0v) is 13.9. The minimum absolute atomic E-state index is 0.112. The average molecular weight is 397 g/mol. The average Bonchev–Trinajstić information content (AvgIpc) is 2.82. The van der Waals surface area contributed by atoms with Crippen molar-refractivity contribution >= 4 is 53.3 Å². The maximum Gasteiger partial charge on any atom is 0.0577 e. The first-order valence-corrected chi connectivity index (χ1v) is 8.30. The SMILES string of the molecule is NC(c1ccc(Br)cc1Br)c1csc2ccccc12. The Morgan fingerprint density at radius 3 is 2.58 bits per heavy atom. The molecular weight excluding hydrogens is 386 g/mol. The lowest BCUT2D eigenvalue weighted by Gasteiger charge is -2.14. The topological polar surface area (TPSA) is 26.0 Å². The Bertz CT molecular complexity index is 736. The van der Waals surface area contributed by atoms with Gasteiger partial charge in [-0.25, -0.2) is 0 Å². The molecule has 0 saturated heterocycles. The van der Waals surface area contributed by atoms with Gasteiger partial charge in [-0.1, -0.05) is 56.1 Å². The molecule has 0 aliphatic rings. The van der Waals surface area contributed by atoms with Crippen molar-refractivity contribution in [1.82, 2.24) is 0 Å². The molecule has 1 atom stereocenters. The molecule has 0 radical (unpaired) electrons. The van der Waals surface area contributed by atoms with Crippen LogP contribution in [0.15, 0.2) is 56.8 Å². The molecule has 0 spiro atoms. The van der Waals surface area contributed by atoms with Crippen LogP contribution in [-0.2, 0) is 0 Å². The van der Waals surface area contributed by atoms with Crippen LogP contribution in [0, 0.1) is 0 Å². The van der Waals surface area contributed by atoms with Gasteiger partial charge in [0.25, 0.3) is 0 Å². The molecule has 0 fully saturated rings. The van der Waals surface area contributed by atoms with Gasteiger partial charge in [0, 0.05) is 13.6 Å². The number of hydrogen-bond acceptors (Lipinski definition) is 2. The molecule has 2 aromatic carbocycles. The largest absolute Gasteiger partial charge is 0.320 e. The van der Waals surface area contributed by atoms with Crippen LogP contribution in [0.2, 0.25) is 0 Å². The Morgan fingerprint density at radius 2 is 1.79 bits per heavy atom. The number of fused-ring (bicyclic) bond motifs is 1. The van der Waals surface area contributed by atoms with Crippen LogP contribution >= 0.6 is 43.2 Å². The van der Waals surface area contributed by atoms with Gasteiger partial charge in [0.1, 0.15) is 0 Å². The maximum atomic E-state index is 6.44. The summed E-state index contributed by atoms with van der Waals surface area (Å²) in [5, 5.41) is 3.40. The van der Waals surface area contributed by atoms with E-state index in [0.717, 1.165) is 14.5 Å². The third-order valence-electron chi connectivity index (χ3n) is 3.14. The van der Waals surface area contributed by atoms with Crippen LogP contribution < -0.4 is 5.73 Å². The second-order valence-corrected chi connectivity index (χ2v) is 7.01. The van der Waals surface area contributed by atoms with Crippen LogP contribution in [0.5, 0.6) is 0 Å². The Labute approximate surface area is 132 Å². The summed E-state index contributed by atoms with van der Waals surface area (Å²) < 4.78 is 3.36. The van der Waals surface area contributed by atoms with E-state index < -0.39 is 0 Å². The van der Waals surface area contributed by atoms with E-state index in [1.165, 1.54) is 15.6 Å². The fraction of sp³-hybridized carbons (Fsp3) is 0.0667. The van der Waals surface area contributed by atoms with Crippen molar-refractivity contribution in [2.75, 3.05) is 0 Å². The second kappa shape index (κ2) is 5.37. The minimum Gasteiger partial charge on any atom is -0.320 e. The molecule has 96 valence electrons. The number of halogens is 2. The van der Waals surface area contributed by atoms with Gasteiger partial charge in [-0.2, -0.15) is 0 Å². The predicted octanol–water partition coefficient (Wildman–Crippen LogP) is 5.47. The van der Waals surface area contributed by atoms with Crippen LogP contribution in [0.1, 0.15) is 17.2 Å². The summed E-state index contributed by atoms with van der Waals surface area (Å²) in [4.78, 5) is 0. The van der Waals surface area contributed by atoms with Crippen LogP contribution in [0.3, 0.4) is 0 Å². The molecule has 0 saturated carbocycles. The fourth-order valence-corrected chi connectivity index (χ4v) is 4.45. The molecule has 0 bridgehead atoms. The minimum atomic E-state index is -0.112. The monoisotopic (exact) mass is 395 g/mol. The molecule has 4 heteroatoms. The molecule has 19 heavy (non-hydrogen) atoms. The van der Waals surface area contributed by atoms with Crippen LogP contribution in [0.4, 0.5) is 0 Å². The first-order valence-electron chi connectivity index (χ1n) is 5.83. The zero-order chi connectivity index (χ0) is 13.4. The lowest BCUT2D eigenvalue weighted by atomic mass is 9.99. The van der Waals surface area contributed by atoms with Crippen molar-refractivity contribution in [1.29, 1.82) is 0 Å². The van der Waals surface area contributed by atoms with Gasteiger partial charge in [0.05, 0.1) is 6.04 Å². The summed E-state index contributed by atoms with van der Waals surface area (Å²) in [6.07, 6.45) is 0. The highest BCUT2D eigenvalue weighted by Crippen LogP contribution is 2.35. The third kappa shape index (κ3) is 2.50. The standard InChI is InChI=1S/C15H11Br2NS/c16-9-5-6-11(13(17)7-9)15(18)12-8-19-14-4-2-1-3-10(12)14/h1-8,15H,18H2. The Morgan fingerprint density at radius 1 is 1.00 bits per heavy atom. The molecule has 0 amide bonds. The van der Waals surface area contributed by atoms with E-state index in [4.69, 9.17) is 5.73 Å². The lowest BCUT2D eigenvalue weighted by molar-refractivity contribution is 0.878. The van der Waals surface area contributed by atoms with Gasteiger partial charge in [-0.3, -0.25) is 0 Å². The molecule has 1 aromatic heterocycles. The maximum absolute atomic E-state index is 6.44. The highest BCUT2D eigenvalue weighted by atomic mass is 79.9. The molecule has 3 rings (SSSR count). The van der Waals surface area contributed by atoms with Crippen LogP contribution in [-0.4, -0.2) is 0 Å². The summed E-state index contributed by atoms with van der Waals surface area (Å²) in [5.74, 6) is 0. The highest BCUT2D eigenvalue weighted by Gasteiger charge is 2.16. The van der Waals surface area contributed by atoms with Gasteiger partial charge >= 0.3 is 0 Å². The predicted molar refractivity (Wildman–Crippen MR) is 89.7 cm³/mol. The molecule has 1 unspecified atom stereocenters. The molecule has 3 aromatic rings. The van der Waals surface area contributed by atoms with Crippen LogP contribution in [0.25, 0.3) is 10.1 Å². The number of nitrogens with two attached hydrogens (primary N) is 1. The zero-order valence-electron chi connectivity index (χ0n) is 9.94. The Balaban J connectivity index is 2.10. The van der Waals surface area contributed by atoms with Crippen molar-refractivity contribution in [3.8, 4) is 0 Å². The van der Waals surface area contributed by atoms with E-state index >= 15 is 0 Å². The van der Waals surface area contributed by atoms with Crippen molar-refractivity contribution in [3.05, 3.63) is 67.9 Å². The molecule has 0 aliphatic carbocycles. The second-order valence-electron chi connectivity index (χ2n) is 4.33. The summed E-state index contributed by atoms with van der Waals surface area (Å²) in [7, 11) is 0. The number of rotatable bonds is 2. The summed E-state index contributed by atoms with van der Waals surface area (Å²) in [6, 6.07) is 14.4. The number of thiophene rings is 1. The molecule has 1 heterocycles. The van der Waals surface area contributed by atoms with E-state index in [2.05, 4.69) is 67.6 Å². The summed E-state index contributed by atoms with van der Waals surface area (Å²) >= 11 is 8.80. The summed E-state index contributed by atoms with van der Waals surface area (Å²) in [6.45, 7) is 0. The van der Waals surface area contributed by atoms with Crippen molar-refractivity contribution < 1.29 is 0 Å². The van der Waals surface area contributed by atoms with Gasteiger partial charge in [0.2, 0.25) is 0 Å². The van der Waals surface area contributed by atoms with E-state index in [-0.39, 0.29) is 6.04 Å². The quantitative estimate of drug-likeness (QED) is 0.610. The third-order valence-corrected chi connectivity index (χ3v) is 5.31. The van der Waals surface area contributed by atoms with Gasteiger partial charge < -0.3 is 5.73 Å². The Hall–Kier alpha value is -0.680. The van der Waals surface area contributed by atoms with E-state index in [1.807, 2.05) is 12.1 Å². The smallest absolute Gasteiger partial charge is 0.0577 e. The summed E-state index contributed by atoms with van der Waals surface area (Å²) in [5.41, 5.74) is 8.73. The van der Waals surface area contributed by atoms with E-state index in [0.29, 0.717) is 0 Å². The fourth-order valence-electron chi connectivity index (χ4n) is 2.16. The highest BCUT2D eigenvalue weighted by molar-refractivity contribution is 9.11. The van der Waals surface area contributed by atoms with Crippen molar-refractivity contribution in [3.63, 3.8) is 0 Å². The molecule has 2 N–H and O–H groups in total. The first-order chi connectivity index (χ1) is 9.16. The molecule has 1 nitrogen and oxygen atoms in total. The van der Waals surface area contributed by atoms with E-state index in [9.17, 15) is 0 Å². The van der Waals surface area contributed by atoms with E-state index in [1.54, 1.807) is 11.3 Å². The van der Waals surface area contributed by atoms with Gasteiger partial charge in [0.15, 0.2) is 0 Å². The number of hydrogen-bond donors (Lipinski definition) is 1. The van der Waals surface area contributed by atoms with Gasteiger partial charge in [-0.15, -0.1) is 11.3 Å². The van der Waals surface area contributed by atoms with Gasteiger partial charge in [-0.05, 0) is 40.1 Å². The normalized spacial score (nSPS) is 12.8. The molecular formula is C15H11Br2NS.